The SMILES string of the molecule is O=P(O)(CC12CC3CC(CC(C3)C1)C2)CC12CC3CC(CC(C3)C1)C2. The Kier molecular flexibility index (Phi) is 3.34. The fraction of sp³-hybridized carbons (Fsp3) is 1.00. The van der Waals surface area contributed by atoms with Crippen molar-refractivity contribution in [3.05, 3.63) is 0 Å². The minimum atomic E-state index is -2.99. The van der Waals surface area contributed by atoms with Crippen molar-refractivity contribution in [3.8, 4) is 0 Å². The maximum atomic E-state index is 13.5. The molecule has 25 heavy (non-hydrogen) atoms. The molecule has 140 valence electrons. The van der Waals surface area contributed by atoms with Crippen LogP contribution in [0, 0.1) is 46.3 Å². The van der Waals surface area contributed by atoms with Crippen LogP contribution < -0.4 is 0 Å². The van der Waals surface area contributed by atoms with Crippen LogP contribution in [0.4, 0.5) is 0 Å². The normalized spacial score (nSPS) is 57.8. The highest BCUT2D eigenvalue weighted by Crippen LogP contribution is 2.68. The Morgan fingerprint density at radius 2 is 0.840 bits per heavy atom. The monoisotopic (exact) mass is 362 g/mol. The van der Waals surface area contributed by atoms with Crippen LogP contribution in [0.5, 0.6) is 0 Å². The van der Waals surface area contributed by atoms with E-state index in [4.69, 9.17) is 0 Å². The molecule has 0 aliphatic heterocycles. The number of rotatable bonds is 4. The van der Waals surface area contributed by atoms with Gasteiger partial charge in [-0.3, -0.25) is 4.57 Å². The Morgan fingerprint density at radius 3 is 1.08 bits per heavy atom. The van der Waals surface area contributed by atoms with Crippen LogP contribution in [0.2, 0.25) is 0 Å². The van der Waals surface area contributed by atoms with Gasteiger partial charge >= 0.3 is 0 Å². The van der Waals surface area contributed by atoms with E-state index in [0.29, 0.717) is 12.3 Å². The molecule has 8 fully saturated rings. The van der Waals surface area contributed by atoms with Crippen molar-refractivity contribution in [1.29, 1.82) is 0 Å². The molecule has 0 aromatic heterocycles. The first-order chi connectivity index (χ1) is 11.9. The van der Waals surface area contributed by atoms with Crippen LogP contribution >= 0.6 is 7.37 Å². The van der Waals surface area contributed by atoms with Gasteiger partial charge in [-0.15, -0.1) is 0 Å². The van der Waals surface area contributed by atoms with Crippen molar-refractivity contribution in [2.24, 2.45) is 46.3 Å². The summed E-state index contributed by atoms with van der Waals surface area (Å²) in [6.07, 6.45) is 17.7. The minimum Gasteiger partial charge on any atom is -0.344 e. The van der Waals surface area contributed by atoms with E-state index in [0.717, 1.165) is 35.5 Å². The zero-order chi connectivity index (χ0) is 16.9. The van der Waals surface area contributed by atoms with E-state index in [-0.39, 0.29) is 10.8 Å². The highest BCUT2D eigenvalue weighted by molar-refractivity contribution is 7.58. The van der Waals surface area contributed by atoms with E-state index in [1.54, 1.807) is 0 Å². The molecule has 0 saturated heterocycles. The zero-order valence-corrected chi connectivity index (χ0v) is 16.6. The highest BCUT2D eigenvalue weighted by Gasteiger charge is 2.56. The third-order valence-electron chi connectivity index (χ3n) is 9.50. The Bertz CT molecular complexity index is 503. The molecule has 0 amide bonds. The summed E-state index contributed by atoms with van der Waals surface area (Å²) >= 11 is 0. The maximum Gasteiger partial charge on any atom is 0.201 e. The fourth-order valence-corrected chi connectivity index (χ4v) is 13.1. The van der Waals surface area contributed by atoms with Crippen molar-refractivity contribution in [3.63, 3.8) is 0 Å². The van der Waals surface area contributed by atoms with Gasteiger partial charge in [0.1, 0.15) is 0 Å². The summed E-state index contributed by atoms with van der Waals surface area (Å²) in [5.41, 5.74) is 0.530. The lowest BCUT2D eigenvalue weighted by Crippen LogP contribution is -2.49. The third kappa shape index (κ3) is 2.72. The molecule has 3 heteroatoms. The molecule has 0 atom stereocenters. The average molecular weight is 362 g/mol. The maximum absolute atomic E-state index is 13.5. The minimum absolute atomic E-state index is 0.265. The summed E-state index contributed by atoms with van der Waals surface area (Å²) in [4.78, 5) is 11.2. The molecule has 8 aliphatic rings. The quantitative estimate of drug-likeness (QED) is 0.652. The van der Waals surface area contributed by atoms with Gasteiger partial charge in [0, 0.05) is 12.3 Å². The van der Waals surface area contributed by atoms with Crippen molar-refractivity contribution >= 4 is 7.37 Å². The molecule has 0 unspecified atom stereocenters. The predicted molar refractivity (Wildman–Crippen MR) is 101 cm³/mol. The van der Waals surface area contributed by atoms with Gasteiger partial charge in [0.15, 0.2) is 0 Å². The van der Waals surface area contributed by atoms with Gasteiger partial charge in [0.25, 0.3) is 0 Å². The molecule has 8 rings (SSSR count). The van der Waals surface area contributed by atoms with Gasteiger partial charge in [-0.1, -0.05) is 0 Å². The Hall–Kier alpha value is 0.190. The van der Waals surface area contributed by atoms with Crippen LogP contribution in [-0.2, 0) is 4.57 Å². The molecule has 0 aromatic carbocycles. The average Bonchev–Trinajstić information content (AvgIpc) is 2.40. The molecule has 8 saturated carbocycles. The van der Waals surface area contributed by atoms with Crippen LogP contribution in [0.15, 0.2) is 0 Å². The summed E-state index contributed by atoms with van der Waals surface area (Å²) in [7, 11) is -2.99. The standard InChI is InChI=1S/C22H35O2P/c23-25(24,13-21-7-15-1-16(8-21)3-17(2-15)9-21)14-22-10-18-4-19(11-22)6-20(5-18)12-22/h15-20H,1-14H2,(H,23,24). The van der Waals surface area contributed by atoms with E-state index in [1.807, 2.05) is 0 Å². The summed E-state index contributed by atoms with van der Waals surface area (Å²) in [5, 5.41) is 0. The predicted octanol–water partition coefficient (Wildman–Crippen LogP) is 5.69. The van der Waals surface area contributed by atoms with E-state index in [9.17, 15) is 9.46 Å². The second-order valence-electron chi connectivity index (χ2n) is 12.0. The first-order valence-corrected chi connectivity index (χ1v) is 13.2. The lowest BCUT2D eigenvalue weighted by molar-refractivity contribution is -0.0450. The summed E-state index contributed by atoms with van der Waals surface area (Å²) in [5.74, 6) is 5.37. The van der Waals surface area contributed by atoms with Crippen LogP contribution in [0.1, 0.15) is 77.0 Å². The van der Waals surface area contributed by atoms with Gasteiger partial charge in [-0.25, -0.2) is 0 Å². The fourth-order valence-electron chi connectivity index (χ4n) is 10.1. The van der Waals surface area contributed by atoms with Crippen molar-refractivity contribution in [1.82, 2.24) is 0 Å². The Labute approximate surface area is 153 Å². The molecule has 0 aromatic rings. The van der Waals surface area contributed by atoms with Crippen LogP contribution in [-0.4, -0.2) is 17.2 Å². The van der Waals surface area contributed by atoms with Gasteiger partial charge in [0.05, 0.1) is 0 Å². The molecule has 2 nitrogen and oxygen atoms in total. The van der Waals surface area contributed by atoms with Crippen molar-refractivity contribution in [2.75, 3.05) is 12.3 Å². The summed E-state index contributed by atoms with van der Waals surface area (Å²) in [6, 6.07) is 0. The van der Waals surface area contributed by atoms with E-state index < -0.39 is 7.37 Å². The van der Waals surface area contributed by atoms with Crippen LogP contribution in [0.3, 0.4) is 0 Å². The molecule has 8 bridgehead atoms. The topological polar surface area (TPSA) is 37.3 Å². The molecular weight excluding hydrogens is 327 g/mol. The molecular formula is C22H35O2P. The Morgan fingerprint density at radius 1 is 0.600 bits per heavy atom. The van der Waals surface area contributed by atoms with Gasteiger partial charge in [0.2, 0.25) is 7.37 Å². The second kappa shape index (κ2) is 5.16. The molecule has 0 radical (unpaired) electrons. The lowest BCUT2D eigenvalue weighted by Gasteiger charge is -2.59. The third-order valence-corrected chi connectivity index (χ3v) is 11.8. The van der Waals surface area contributed by atoms with Gasteiger partial charge < -0.3 is 4.89 Å². The highest BCUT2D eigenvalue weighted by atomic mass is 31.2. The largest absolute Gasteiger partial charge is 0.344 e. The van der Waals surface area contributed by atoms with E-state index in [2.05, 4.69) is 0 Å². The smallest absolute Gasteiger partial charge is 0.201 e. The molecule has 8 aliphatic carbocycles. The molecule has 1 N–H and O–H groups in total. The first kappa shape index (κ1) is 16.2. The van der Waals surface area contributed by atoms with Crippen molar-refractivity contribution < 1.29 is 9.46 Å². The van der Waals surface area contributed by atoms with Gasteiger partial charge in [-0.2, -0.15) is 0 Å². The summed E-state index contributed by atoms with van der Waals surface area (Å²) < 4.78 is 13.5. The Balaban J connectivity index is 1.21. The molecule has 0 heterocycles. The van der Waals surface area contributed by atoms with Crippen molar-refractivity contribution in [2.45, 2.75) is 77.0 Å². The summed E-state index contributed by atoms with van der Waals surface area (Å²) in [6.45, 7) is 0. The number of hydrogen-bond acceptors (Lipinski definition) is 1. The number of hydrogen-bond donors (Lipinski definition) is 1. The second-order valence-corrected chi connectivity index (χ2v) is 14.3. The molecule has 0 spiro atoms. The van der Waals surface area contributed by atoms with Gasteiger partial charge in [-0.05, 0) is 123 Å². The van der Waals surface area contributed by atoms with E-state index in [1.165, 1.54) is 77.0 Å². The lowest BCUT2D eigenvalue weighted by atomic mass is 9.50. The first-order valence-electron chi connectivity index (χ1n) is 11.2. The van der Waals surface area contributed by atoms with Crippen LogP contribution in [0.25, 0.3) is 0 Å². The zero-order valence-electron chi connectivity index (χ0n) is 15.7. The van der Waals surface area contributed by atoms with E-state index >= 15 is 0 Å².